The Bertz CT molecular complexity index is 929. The van der Waals surface area contributed by atoms with E-state index in [9.17, 15) is 24.5 Å². The number of nitro groups is 1. The fourth-order valence-electron chi connectivity index (χ4n) is 2.60. The van der Waals surface area contributed by atoms with E-state index in [1.807, 2.05) is 0 Å². The molecule has 2 aromatic rings. The van der Waals surface area contributed by atoms with Crippen LogP contribution in [0.5, 0.6) is 5.75 Å². The second-order valence-corrected chi connectivity index (χ2v) is 6.23. The smallest absolute Gasteiger partial charge is 0.310 e. The quantitative estimate of drug-likeness (QED) is 0.449. The van der Waals surface area contributed by atoms with Crippen molar-refractivity contribution in [3.63, 3.8) is 0 Å². The van der Waals surface area contributed by atoms with Crippen LogP contribution in [-0.2, 0) is 9.59 Å². The van der Waals surface area contributed by atoms with Crippen molar-refractivity contribution >= 4 is 29.1 Å². The molecule has 0 aliphatic carbocycles. The minimum atomic E-state index is -0.586. The third-order valence-electron chi connectivity index (χ3n) is 4.21. The standard InChI is InChI=1S/C20H22N4O6/c1-2-23(19(26)13-30-17-6-4-3-5-16(17)24(28)29)12-11-18(25)22-15-9-7-14(8-10-15)20(21)27/h3-10H,2,11-13H2,1H3,(H2,21,27)(H,22,25). The van der Waals surface area contributed by atoms with E-state index in [1.165, 1.54) is 35.2 Å². The van der Waals surface area contributed by atoms with Gasteiger partial charge in [-0.05, 0) is 37.3 Å². The average molecular weight is 414 g/mol. The third kappa shape index (κ3) is 6.30. The van der Waals surface area contributed by atoms with E-state index in [1.54, 1.807) is 25.1 Å². The molecule has 0 spiro atoms. The van der Waals surface area contributed by atoms with Crippen LogP contribution in [-0.4, -0.2) is 47.2 Å². The Balaban J connectivity index is 1.85. The number of carbonyl (C=O) groups excluding carboxylic acids is 3. The van der Waals surface area contributed by atoms with Crippen LogP contribution >= 0.6 is 0 Å². The lowest BCUT2D eigenvalue weighted by molar-refractivity contribution is -0.385. The number of nitro benzene ring substituents is 1. The van der Waals surface area contributed by atoms with Gasteiger partial charge in [0.1, 0.15) is 0 Å². The van der Waals surface area contributed by atoms with Gasteiger partial charge in [0.15, 0.2) is 12.4 Å². The summed E-state index contributed by atoms with van der Waals surface area (Å²) in [6, 6.07) is 11.9. The minimum Gasteiger partial charge on any atom is -0.477 e. The van der Waals surface area contributed by atoms with Gasteiger partial charge in [-0.1, -0.05) is 12.1 Å². The molecule has 10 nitrogen and oxygen atoms in total. The van der Waals surface area contributed by atoms with Gasteiger partial charge in [-0.25, -0.2) is 0 Å². The Morgan fingerprint density at radius 2 is 1.80 bits per heavy atom. The first-order chi connectivity index (χ1) is 14.3. The molecule has 0 atom stereocenters. The summed E-state index contributed by atoms with van der Waals surface area (Å²) in [7, 11) is 0. The number of anilines is 1. The SMILES string of the molecule is CCN(CCC(=O)Nc1ccc(C(N)=O)cc1)C(=O)COc1ccccc1[N+](=O)[O-]. The second-order valence-electron chi connectivity index (χ2n) is 6.23. The van der Waals surface area contributed by atoms with Crippen molar-refractivity contribution < 1.29 is 24.0 Å². The summed E-state index contributed by atoms with van der Waals surface area (Å²) in [5.41, 5.74) is 5.77. The van der Waals surface area contributed by atoms with Gasteiger partial charge in [0.05, 0.1) is 4.92 Å². The summed E-state index contributed by atoms with van der Waals surface area (Å²) < 4.78 is 5.30. The first-order valence-electron chi connectivity index (χ1n) is 9.15. The lowest BCUT2D eigenvalue weighted by Gasteiger charge is -2.20. The minimum absolute atomic E-state index is 0.00375. The van der Waals surface area contributed by atoms with E-state index >= 15 is 0 Å². The largest absolute Gasteiger partial charge is 0.477 e. The fraction of sp³-hybridized carbons (Fsp3) is 0.250. The second kappa shape index (κ2) is 10.6. The molecule has 0 saturated carbocycles. The molecule has 0 heterocycles. The highest BCUT2D eigenvalue weighted by Gasteiger charge is 2.18. The molecule has 0 unspecified atom stereocenters. The van der Waals surface area contributed by atoms with Crippen molar-refractivity contribution in [1.82, 2.24) is 4.90 Å². The maximum absolute atomic E-state index is 12.4. The number of carbonyl (C=O) groups is 3. The topological polar surface area (TPSA) is 145 Å². The Morgan fingerprint density at radius 3 is 2.40 bits per heavy atom. The molecule has 0 radical (unpaired) electrons. The Morgan fingerprint density at radius 1 is 1.13 bits per heavy atom. The number of nitrogens with two attached hydrogens (primary N) is 1. The predicted molar refractivity (Wildman–Crippen MR) is 109 cm³/mol. The van der Waals surface area contributed by atoms with Crippen molar-refractivity contribution in [2.75, 3.05) is 25.0 Å². The molecule has 0 fully saturated rings. The fourth-order valence-corrected chi connectivity index (χ4v) is 2.60. The normalized spacial score (nSPS) is 10.2. The van der Waals surface area contributed by atoms with Crippen molar-refractivity contribution in [2.24, 2.45) is 5.73 Å². The van der Waals surface area contributed by atoms with Crippen LogP contribution in [0.4, 0.5) is 11.4 Å². The van der Waals surface area contributed by atoms with Gasteiger partial charge >= 0.3 is 5.69 Å². The molecule has 158 valence electrons. The van der Waals surface area contributed by atoms with E-state index in [4.69, 9.17) is 10.5 Å². The van der Waals surface area contributed by atoms with E-state index in [0.717, 1.165) is 0 Å². The van der Waals surface area contributed by atoms with Gasteiger partial charge in [0.2, 0.25) is 11.8 Å². The van der Waals surface area contributed by atoms with Crippen LogP contribution in [0, 0.1) is 10.1 Å². The van der Waals surface area contributed by atoms with Crippen LogP contribution in [0.2, 0.25) is 0 Å². The van der Waals surface area contributed by atoms with Crippen LogP contribution in [0.15, 0.2) is 48.5 Å². The monoisotopic (exact) mass is 414 g/mol. The molecule has 0 aliphatic heterocycles. The summed E-state index contributed by atoms with van der Waals surface area (Å²) in [5.74, 6) is -1.26. The highest BCUT2D eigenvalue weighted by atomic mass is 16.6. The zero-order valence-electron chi connectivity index (χ0n) is 16.4. The van der Waals surface area contributed by atoms with Crippen molar-refractivity contribution in [2.45, 2.75) is 13.3 Å². The van der Waals surface area contributed by atoms with Crippen molar-refractivity contribution in [3.8, 4) is 5.75 Å². The molecule has 2 aromatic carbocycles. The molecule has 2 rings (SSSR count). The van der Waals surface area contributed by atoms with Crippen LogP contribution in [0.1, 0.15) is 23.7 Å². The summed E-state index contributed by atoms with van der Waals surface area (Å²) in [4.78, 5) is 47.4. The van der Waals surface area contributed by atoms with Gasteiger partial charge in [-0.15, -0.1) is 0 Å². The van der Waals surface area contributed by atoms with E-state index in [0.29, 0.717) is 17.8 Å². The maximum atomic E-state index is 12.4. The number of nitrogens with one attached hydrogen (secondary N) is 1. The molecule has 10 heteroatoms. The average Bonchev–Trinajstić information content (AvgIpc) is 2.73. The molecule has 3 amide bonds. The molecule has 0 aliphatic rings. The summed E-state index contributed by atoms with van der Waals surface area (Å²) in [6.45, 7) is 1.87. The van der Waals surface area contributed by atoms with Gasteiger partial charge in [0, 0.05) is 36.8 Å². The van der Waals surface area contributed by atoms with Crippen molar-refractivity contribution in [3.05, 3.63) is 64.2 Å². The first-order valence-corrected chi connectivity index (χ1v) is 9.15. The van der Waals surface area contributed by atoms with Crippen LogP contribution < -0.4 is 15.8 Å². The number of likely N-dealkylation sites (N-methyl/N-ethyl adjacent to an activating group) is 1. The number of benzene rings is 2. The predicted octanol–water partition coefficient (Wildman–Crippen LogP) is 1.95. The highest BCUT2D eigenvalue weighted by molar-refractivity contribution is 5.95. The number of hydrogen-bond acceptors (Lipinski definition) is 6. The highest BCUT2D eigenvalue weighted by Crippen LogP contribution is 2.25. The number of primary amides is 1. The van der Waals surface area contributed by atoms with E-state index < -0.39 is 16.7 Å². The molecule has 0 aromatic heterocycles. The Labute approximate surface area is 172 Å². The van der Waals surface area contributed by atoms with Crippen LogP contribution in [0.3, 0.4) is 0 Å². The van der Waals surface area contributed by atoms with Gasteiger partial charge in [-0.3, -0.25) is 24.5 Å². The zero-order valence-corrected chi connectivity index (χ0v) is 16.4. The van der Waals surface area contributed by atoms with Gasteiger partial charge in [-0.2, -0.15) is 0 Å². The maximum Gasteiger partial charge on any atom is 0.310 e. The number of rotatable bonds is 10. The lowest BCUT2D eigenvalue weighted by Crippen LogP contribution is -2.37. The van der Waals surface area contributed by atoms with Gasteiger partial charge in [0.25, 0.3) is 5.91 Å². The van der Waals surface area contributed by atoms with Crippen LogP contribution in [0.25, 0.3) is 0 Å². The molecule has 30 heavy (non-hydrogen) atoms. The summed E-state index contributed by atoms with van der Waals surface area (Å²) in [5, 5.41) is 13.7. The van der Waals surface area contributed by atoms with Crippen molar-refractivity contribution in [1.29, 1.82) is 0 Å². The number of para-hydroxylation sites is 2. The summed E-state index contributed by atoms with van der Waals surface area (Å²) in [6.07, 6.45) is 0.0443. The van der Waals surface area contributed by atoms with Gasteiger partial charge < -0.3 is 20.7 Å². The zero-order chi connectivity index (χ0) is 22.1. The third-order valence-corrected chi connectivity index (χ3v) is 4.21. The molecule has 3 N–H and O–H groups in total. The Kier molecular flexibility index (Phi) is 7.86. The number of amides is 3. The molecular formula is C20H22N4O6. The molecule has 0 bridgehead atoms. The number of hydrogen-bond donors (Lipinski definition) is 2. The Hall–Kier alpha value is -3.95. The number of ether oxygens (including phenoxy) is 1. The van der Waals surface area contributed by atoms with E-state index in [-0.39, 0.29) is 36.9 Å². The summed E-state index contributed by atoms with van der Waals surface area (Å²) >= 11 is 0. The molecular weight excluding hydrogens is 392 g/mol. The number of nitrogens with zero attached hydrogens (tertiary/aromatic N) is 2. The first kappa shape index (κ1) is 22.3. The van der Waals surface area contributed by atoms with E-state index in [2.05, 4.69) is 5.32 Å². The lowest BCUT2D eigenvalue weighted by atomic mass is 10.2. The molecule has 0 saturated heterocycles.